The third-order valence-corrected chi connectivity index (χ3v) is 2.56. The van der Waals surface area contributed by atoms with Crippen LogP contribution in [0.4, 0.5) is 0 Å². The SMILES string of the molecule is CCCC(C)(O)CNCCOCCC(C)C. The van der Waals surface area contributed by atoms with E-state index >= 15 is 0 Å². The minimum atomic E-state index is -0.577. The molecule has 0 rings (SSSR count). The van der Waals surface area contributed by atoms with Gasteiger partial charge in [0.25, 0.3) is 0 Å². The summed E-state index contributed by atoms with van der Waals surface area (Å²) in [6.45, 7) is 11.4. The summed E-state index contributed by atoms with van der Waals surface area (Å²) >= 11 is 0. The summed E-state index contributed by atoms with van der Waals surface area (Å²) < 4.78 is 5.48. The Morgan fingerprint density at radius 3 is 2.56 bits per heavy atom. The van der Waals surface area contributed by atoms with E-state index in [1.54, 1.807) is 0 Å². The lowest BCUT2D eigenvalue weighted by Crippen LogP contribution is -2.38. The maximum absolute atomic E-state index is 9.89. The van der Waals surface area contributed by atoms with E-state index in [0.29, 0.717) is 12.5 Å². The number of nitrogens with one attached hydrogen (secondary N) is 1. The molecule has 0 spiro atoms. The van der Waals surface area contributed by atoms with Gasteiger partial charge < -0.3 is 15.2 Å². The highest BCUT2D eigenvalue weighted by atomic mass is 16.5. The molecule has 2 N–H and O–H groups in total. The minimum absolute atomic E-state index is 0.577. The lowest BCUT2D eigenvalue weighted by atomic mass is 10.0. The zero-order valence-corrected chi connectivity index (χ0v) is 11.4. The minimum Gasteiger partial charge on any atom is -0.389 e. The van der Waals surface area contributed by atoms with Crippen LogP contribution in [0.25, 0.3) is 0 Å². The standard InChI is InChI=1S/C13H29NO2/c1-5-7-13(4,15)11-14-8-10-16-9-6-12(2)3/h12,14-15H,5-11H2,1-4H3. The van der Waals surface area contributed by atoms with Crippen molar-refractivity contribution in [1.29, 1.82) is 0 Å². The number of aliphatic hydroxyl groups is 1. The van der Waals surface area contributed by atoms with Crippen LogP contribution < -0.4 is 5.32 Å². The van der Waals surface area contributed by atoms with E-state index in [9.17, 15) is 5.11 Å². The van der Waals surface area contributed by atoms with Crippen molar-refractivity contribution in [3.8, 4) is 0 Å². The first-order valence-electron chi connectivity index (χ1n) is 6.49. The van der Waals surface area contributed by atoms with Crippen molar-refractivity contribution in [3.63, 3.8) is 0 Å². The highest BCUT2D eigenvalue weighted by Crippen LogP contribution is 2.09. The van der Waals surface area contributed by atoms with E-state index in [1.165, 1.54) is 0 Å². The zero-order valence-electron chi connectivity index (χ0n) is 11.4. The van der Waals surface area contributed by atoms with Gasteiger partial charge in [-0.1, -0.05) is 27.2 Å². The quantitative estimate of drug-likeness (QED) is 0.566. The van der Waals surface area contributed by atoms with E-state index in [0.717, 1.165) is 39.0 Å². The molecule has 0 aliphatic heterocycles. The predicted octanol–water partition coefficient (Wildman–Crippen LogP) is 2.19. The molecule has 0 saturated carbocycles. The molecule has 1 atom stereocenters. The topological polar surface area (TPSA) is 41.5 Å². The van der Waals surface area contributed by atoms with Crippen LogP contribution in [-0.2, 0) is 4.74 Å². The number of hydrogen-bond donors (Lipinski definition) is 2. The van der Waals surface area contributed by atoms with Gasteiger partial charge in [0, 0.05) is 19.7 Å². The summed E-state index contributed by atoms with van der Waals surface area (Å²) in [5.74, 6) is 0.707. The molecule has 3 nitrogen and oxygen atoms in total. The maximum atomic E-state index is 9.89. The van der Waals surface area contributed by atoms with E-state index in [-0.39, 0.29) is 0 Å². The van der Waals surface area contributed by atoms with Crippen molar-refractivity contribution >= 4 is 0 Å². The van der Waals surface area contributed by atoms with Crippen LogP contribution in [0.3, 0.4) is 0 Å². The molecule has 98 valence electrons. The molecule has 0 saturated heterocycles. The van der Waals surface area contributed by atoms with E-state index < -0.39 is 5.60 Å². The van der Waals surface area contributed by atoms with Gasteiger partial charge in [0.2, 0.25) is 0 Å². The molecule has 0 aromatic carbocycles. The van der Waals surface area contributed by atoms with E-state index in [2.05, 4.69) is 26.1 Å². The fourth-order valence-electron chi connectivity index (χ4n) is 1.55. The molecule has 0 aliphatic carbocycles. The second kappa shape index (κ2) is 8.97. The van der Waals surface area contributed by atoms with Crippen molar-refractivity contribution in [2.45, 2.75) is 52.6 Å². The van der Waals surface area contributed by atoms with Crippen LogP contribution >= 0.6 is 0 Å². The average molecular weight is 231 g/mol. The van der Waals surface area contributed by atoms with Gasteiger partial charge in [-0.25, -0.2) is 0 Å². The Morgan fingerprint density at radius 2 is 2.00 bits per heavy atom. The monoisotopic (exact) mass is 231 g/mol. The van der Waals surface area contributed by atoms with Gasteiger partial charge in [-0.2, -0.15) is 0 Å². The predicted molar refractivity (Wildman–Crippen MR) is 68.7 cm³/mol. The normalized spacial score (nSPS) is 15.4. The average Bonchev–Trinajstić information content (AvgIpc) is 2.15. The Labute approximate surface area is 101 Å². The molecular formula is C13H29NO2. The van der Waals surface area contributed by atoms with Crippen LogP contribution in [-0.4, -0.2) is 37.0 Å². The van der Waals surface area contributed by atoms with Crippen molar-refractivity contribution < 1.29 is 9.84 Å². The van der Waals surface area contributed by atoms with Crippen LogP contribution in [0.2, 0.25) is 0 Å². The fourth-order valence-corrected chi connectivity index (χ4v) is 1.55. The largest absolute Gasteiger partial charge is 0.389 e. The molecule has 0 aliphatic rings. The summed E-state index contributed by atoms with van der Waals surface area (Å²) in [6, 6.07) is 0. The Balaban J connectivity index is 3.26. The van der Waals surface area contributed by atoms with E-state index in [1.807, 2.05) is 6.92 Å². The van der Waals surface area contributed by atoms with Crippen molar-refractivity contribution in [2.75, 3.05) is 26.3 Å². The first-order chi connectivity index (χ1) is 7.48. The van der Waals surface area contributed by atoms with Crippen molar-refractivity contribution in [1.82, 2.24) is 5.32 Å². The zero-order chi connectivity index (χ0) is 12.4. The van der Waals surface area contributed by atoms with Gasteiger partial charge in [-0.3, -0.25) is 0 Å². The van der Waals surface area contributed by atoms with Crippen LogP contribution in [0, 0.1) is 5.92 Å². The molecule has 3 heteroatoms. The molecule has 0 aromatic rings. The van der Waals surface area contributed by atoms with Crippen LogP contribution in [0.5, 0.6) is 0 Å². The highest BCUT2D eigenvalue weighted by Gasteiger charge is 2.17. The first-order valence-corrected chi connectivity index (χ1v) is 6.49. The lowest BCUT2D eigenvalue weighted by molar-refractivity contribution is 0.0467. The second-order valence-corrected chi connectivity index (χ2v) is 5.22. The van der Waals surface area contributed by atoms with Crippen molar-refractivity contribution in [2.24, 2.45) is 5.92 Å². The summed E-state index contributed by atoms with van der Waals surface area (Å²) in [6.07, 6.45) is 2.97. The van der Waals surface area contributed by atoms with Gasteiger partial charge in [0.15, 0.2) is 0 Å². The van der Waals surface area contributed by atoms with E-state index in [4.69, 9.17) is 4.74 Å². The smallest absolute Gasteiger partial charge is 0.0743 e. The molecule has 0 radical (unpaired) electrons. The Kier molecular flexibility index (Phi) is 8.90. The number of hydrogen-bond acceptors (Lipinski definition) is 3. The molecule has 0 bridgehead atoms. The fraction of sp³-hybridized carbons (Fsp3) is 1.00. The van der Waals surface area contributed by atoms with Gasteiger partial charge in [0.05, 0.1) is 12.2 Å². The molecule has 0 fully saturated rings. The second-order valence-electron chi connectivity index (χ2n) is 5.22. The third kappa shape index (κ3) is 10.4. The molecule has 0 heterocycles. The lowest BCUT2D eigenvalue weighted by Gasteiger charge is -2.23. The van der Waals surface area contributed by atoms with Gasteiger partial charge in [0.1, 0.15) is 0 Å². The third-order valence-electron chi connectivity index (χ3n) is 2.56. The molecule has 0 amide bonds. The molecular weight excluding hydrogens is 202 g/mol. The maximum Gasteiger partial charge on any atom is 0.0743 e. The Hall–Kier alpha value is -0.120. The summed E-state index contributed by atoms with van der Waals surface area (Å²) in [4.78, 5) is 0. The number of ether oxygens (including phenoxy) is 1. The summed E-state index contributed by atoms with van der Waals surface area (Å²) in [5, 5.41) is 13.1. The van der Waals surface area contributed by atoms with Crippen molar-refractivity contribution in [3.05, 3.63) is 0 Å². The molecule has 16 heavy (non-hydrogen) atoms. The number of rotatable bonds is 10. The van der Waals surface area contributed by atoms with Gasteiger partial charge in [-0.15, -0.1) is 0 Å². The highest BCUT2D eigenvalue weighted by molar-refractivity contribution is 4.74. The van der Waals surface area contributed by atoms with Crippen LogP contribution in [0.15, 0.2) is 0 Å². The van der Waals surface area contributed by atoms with Gasteiger partial charge in [-0.05, 0) is 25.7 Å². The Morgan fingerprint density at radius 1 is 1.31 bits per heavy atom. The summed E-state index contributed by atoms with van der Waals surface area (Å²) in [5.41, 5.74) is -0.577. The van der Waals surface area contributed by atoms with Crippen LogP contribution in [0.1, 0.15) is 47.0 Å². The molecule has 1 unspecified atom stereocenters. The Bertz CT molecular complexity index is 158. The molecule has 0 aromatic heterocycles. The first kappa shape index (κ1) is 15.9. The van der Waals surface area contributed by atoms with Gasteiger partial charge >= 0.3 is 0 Å². The summed E-state index contributed by atoms with van der Waals surface area (Å²) in [7, 11) is 0.